The molecule has 8 heteroatoms. The first kappa shape index (κ1) is 19.5. The van der Waals surface area contributed by atoms with Crippen molar-refractivity contribution in [2.45, 2.75) is 24.0 Å². The largest absolute Gasteiger partial charge is 0.403 e. The number of hydrogen-bond donors (Lipinski definition) is 1. The van der Waals surface area contributed by atoms with E-state index in [0.29, 0.717) is 5.56 Å². The lowest BCUT2D eigenvalue weighted by molar-refractivity contribution is -0.112. The Morgan fingerprint density at radius 2 is 1.71 bits per heavy atom. The SMILES string of the molecule is CC(C)S(=O)(=O)c1ccc(-c2nnc(NC(=O)C=Cc3ccccc3)o2)cc1. The molecule has 1 amide bonds. The van der Waals surface area contributed by atoms with Gasteiger partial charge in [0.2, 0.25) is 5.89 Å². The van der Waals surface area contributed by atoms with Gasteiger partial charge in [-0.1, -0.05) is 35.4 Å². The van der Waals surface area contributed by atoms with E-state index in [4.69, 9.17) is 4.42 Å². The van der Waals surface area contributed by atoms with E-state index in [0.717, 1.165) is 5.56 Å². The minimum absolute atomic E-state index is 0.0448. The van der Waals surface area contributed by atoms with E-state index < -0.39 is 21.0 Å². The number of rotatable bonds is 6. The predicted octanol–water partition coefficient (Wildman–Crippen LogP) is 3.57. The molecule has 0 spiro atoms. The zero-order valence-corrected chi connectivity index (χ0v) is 16.2. The van der Waals surface area contributed by atoms with Gasteiger partial charge in [0.25, 0.3) is 5.91 Å². The van der Waals surface area contributed by atoms with Crippen molar-refractivity contribution in [3.63, 3.8) is 0 Å². The van der Waals surface area contributed by atoms with Crippen LogP contribution in [-0.4, -0.2) is 29.8 Å². The summed E-state index contributed by atoms with van der Waals surface area (Å²) < 4.78 is 29.8. The zero-order chi connectivity index (χ0) is 20.1. The van der Waals surface area contributed by atoms with Crippen LogP contribution >= 0.6 is 0 Å². The van der Waals surface area contributed by atoms with Gasteiger partial charge in [-0.15, -0.1) is 5.10 Å². The summed E-state index contributed by atoms with van der Waals surface area (Å²) in [5.41, 5.74) is 1.44. The van der Waals surface area contributed by atoms with E-state index in [1.165, 1.54) is 18.2 Å². The van der Waals surface area contributed by atoms with E-state index in [1.54, 1.807) is 32.1 Å². The van der Waals surface area contributed by atoms with Crippen molar-refractivity contribution in [3.8, 4) is 11.5 Å². The molecule has 0 radical (unpaired) electrons. The standard InChI is InChI=1S/C20H19N3O4S/c1-14(2)28(25,26)17-11-9-16(10-12-17)19-22-23-20(27-19)21-18(24)13-8-15-6-4-3-5-7-15/h3-14H,1-2H3,(H,21,23,24). The van der Waals surface area contributed by atoms with Gasteiger partial charge in [-0.2, -0.15) is 0 Å². The Hall–Kier alpha value is -3.26. The molecule has 1 N–H and O–H groups in total. The molecule has 1 aromatic heterocycles. The lowest BCUT2D eigenvalue weighted by atomic mass is 10.2. The van der Waals surface area contributed by atoms with Crippen molar-refractivity contribution in [3.05, 3.63) is 66.2 Å². The molecule has 3 aromatic rings. The van der Waals surface area contributed by atoms with Crippen molar-refractivity contribution < 1.29 is 17.6 Å². The molecular weight excluding hydrogens is 378 g/mol. The summed E-state index contributed by atoms with van der Waals surface area (Å²) in [5, 5.41) is 9.65. The van der Waals surface area contributed by atoms with Crippen LogP contribution in [0.5, 0.6) is 0 Å². The molecular formula is C20H19N3O4S. The highest BCUT2D eigenvalue weighted by molar-refractivity contribution is 7.92. The fraction of sp³-hybridized carbons (Fsp3) is 0.150. The first-order valence-corrected chi connectivity index (χ1v) is 10.1. The van der Waals surface area contributed by atoms with Gasteiger partial charge >= 0.3 is 6.01 Å². The third kappa shape index (κ3) is 4.52. The Morgan fingerprint density at radius 3 is 2.36 bits per heavy atom. The van der Waals surface area contributed by atoms with Gasteiger partial charge in [0, 0.05) is 11.6 Å². The molecule has 3 rings (SSSR count). The quantitative estimate of drug-likeness (QED) is 0.638. The highest BCUT2D eigenvalue weighted by atomic mass is 32.2. The Bertz CT molecular complexity index is 1090. The molecule has 0 aliphatic heterocycles. The zero-order valence-electron chi connectivity index (χ0n) is 15.4. The minimum atomic E-state index is -3.35. The lowest BCUT2D eigenvalue weighted by Crippen LogP contribution is -2.13. The van der Waals surface area contributed by atoms with Crippen molar-refractivity contribution >= 4 is 27.8 Å². The summed E-state index contributed by atoms with van der Waals surface area (Å²) in [6.07, 6.45) is 3.03. The van der Waals surface area contributed by atoms with Gasteiger partial charge in [0.05, 0.1) is 10.1 Å². The molecule has 2 aromatic carbocycles. The molecule has 0 aliphatic carbocycles. The van der Waals surface area contributed by atoms with Gasteiger partial charge < -0.3 is 4.42 Å². The van der Waals surface area contributed by atoms with Crippen LogP contribution in [0.15, 0.2) is 70.0 Å². The van der Waals surface area contributed by atoms with E-state index in [9.17, 15) is 13.2 Å². The lowest BCUT2D eigenvalue weighted by Gasteiger charge is -2.07. The number of anilines is 1. The molecule has 0 fully saturated rings. The van der Waals surface area contributed by atoms with E-state index in [1.807, 2.05) is 30.3 Å². The predicted molar refractivity (Wildman–Crippen MR) is 106 cm³/mol. The van der Waals surface area contributed by atoms with Gasteiger partial charge in [-0.3, -0.25) is 10.1 Å². The molecule has 0 bridgehead atoms. The normalized spacial score (nSPS) is 11.8. The van der Waals surface area contributed by atoms with Gasteiger partial charge in [0.15, 0.2) is 9.84 Å². The van der Waals surface area contributed by atoms with Crippen LogP contribution in [0.4, 0.5) is 6.01 Å². The molecule has 0 aliphatic rings. The molecule has 0 saturated heterocycles. The second kappa shape index (κ2) is 8.18. The maximum absolute atomic E-state index is 12.2. The first-order chi connectivity index (χ1) is 13.4. The number of aromatic nitrogens is 2. The monoisotopic (exact) mass is 397 g/mol. The summed E-state index contributed by atoms with van der Waals surface area (Å²) in [7, 11) is -3.35. The van der Waals surface area contributed by atoms with Crippen molar-refractivity contribution in [2.24, 2.45) is 0 Å². The number of nitrogens with one attached hydrogen (secondary N) is 1. The highest BCUT2D eigenvalue weighted by Crippen LogP contribution is 2.23. The minimum Gasteiger partial charge on any atom is -0.403 e. The van der Waals surface area contributed by atoms with Crippen LogP contribution in [0, 0.1) is 0 Å². The van der Waals surface area contributed by atoms with Crippen LogP contribution in [0.1, 0.15) is 19.4 Å². The Kier molecular flexibility index (Phi) is 5.70. The number of amides is 1. The molecule has 28 heavy (non-hydrogen) atoms. The van der Waals surface area contributed by atoms with Crippen LogP contribution in [0.3, 0.4) is 0 Å². The number of nitrogens with zero attached hydrogens (tertiary/aromatic N) is 2. The van der Waals surface area contributed by atoms with Crippen LogP contribution in [-0.2, 0) is 14.6 Å². The van der Waals surface area contributed by atoms with E-state index in [2.05, 4.69) is 15.5 Å². The van der Waals surface area contributed by atoms with Crippen LogP contribution < -0.4 is 5.32 Å². The summed E-state index contributed by atoms with van der Waals surface area (Å²) in [5.74, 6) is -0.228. The van der Waals surface area contributed by atoms with Crippen molar-refractivity contribution in [1.82, 2.24) is 10.2 Å². The Morgan fingerprint density at radius 1 is 1.04 bits per heavy atom. The average molecular weight is 397 g/mol. The van der Waals surface area contributed by atoms with E-state index in [-0.39, 0.29) is 16.8 Å². The van der Waals surface area contributed by atoms with Gasteiger partial charge in [0.1, 0.15) is 0 Å². The maximum atomic E-state index is 12.2. The summed E-state index contributed by atoms with van der Waals surface area (Å²) in [4.78, 5) is 12.2. The maximum Gasteiger partial charge on any atom is 0.322 e. The number of carbonyl (C=O) groups is 1. The number of sulfone groups is 1. The highest BCUT2D eigenvalue weighted by Gasteiger charge is 2.19. The van der Waals surface area contributed by atoms with Crippen LogP contribution in [0.25, 0.3) is 17.5 Å². The second-order valence-corrected chi connectivity index (χ2v) is 8.77. The number of carbonyl (C=O) groups excluding carboxylic acids is 1. The fourth-order valence-corrected chi connectivity index (χ4v) is 3.39. The van der Waals surface area contributed by atoms with Crippen LogP contribution in [0.2, 0.25) is 0 Å². The Labute approximate surface area is 163 Å². The van der Waals surface area contributed by atoms with Gasteiger partial charge in [-0.05, 0) is 49.8 Å². The third-order valence-electron chi connectivity index (χ3n) is 3.93. The molecule has 144 valence electrons. The van der Waals surface area contributed by atoms with Crippen molar-refractivity contribution in [2.75, 3.05) is 5.32 Å². The topological polar surface area (TPSA) is 102 Å². The summed E-state index contributed by atoms with van der Waals surface area (Å²) in [6, 6.07) is 15.5. The smallest absolute Gasteiger partial charge is 0.322 e. The Balaban J connectivity index is 1.68. The summed E-state index contributed by atoms with van der Waals surface area (Å²) >= 11 is 0. The summed E-state index contributed by atoms with van der Waals surface area (Å²) in [6.45, 7) is 3.25. The average Bonchev–Trinajstić information content (AvgIpc) is 3.15. The number of benzene rings is 2. The molecule has 7 nitrogen and oxygen atoms in total. The molecule has 0 atom stereocenters. The molecule has 1 heterocycles. The van der Waals surface area contributed by atoms with Crippen molar-refractivity contribution in [1.29, 1.82) is 0 Å². The third-order valence-corrected chi connectivity index (χ3v) is 6.10. The van der Waals surface area contributed by atoms with Gasteiger partial charge in [-0.25, -0.2) is 8.42 Å². The molecule has 0 unspecified atom stereocenters. The second-order valence-electron chi connectivity index (χ2n) is 6.26. The van der Waals surface area contributed by atoms with E-state index >= 15 is 0 Å². The first-order valence-electron chi connectivity index (χ1n) is 8.58. The number of hydrogen-bond acceptors (Lipinski definition) is 6. The fourth-order valence-electron chi connectivity index (χ4n) is 2.33. The molecule has 0 saturated carbocycles.